The number of hydrogen-bond acceptors (Lipinski definition) is 5. The summed E-state index contributed by atoms with van der Waals surface area (Å²) in [4.78, 5) is 29.3. The molecule has 1 aromatic carbocycles. The first-order valence-corrected chi connectivity index (χ1v) is 9.32. The van der Waals surface area contributed by atoms with Crippen molar-refractivity contribution in [1.82, 2.24) is 20.0 Å². The molecule has 0 fully saturated rings. The first-order chi connectivity index (χ1) is 14.0. The molecule has 0 aliphatic carbocycles. The molecular weight excluding hydrogens is 372 g/mol. The van der Waals surface area contributed by atoms with Crippen molar-refractivity contribution in [3.05, 3.63) is 60.2 Å². The van der Waals surface area contributed by atoms with E-state index in [0.717, 1.165) is 5.75 Å². The highest BCUT2D eigenvalue weighted by molar-refractivity contribution is 6.02. The second-order valence-electron chi connectivity index (χ2n) is 6.65. The van der Waals surface area contributed by atoms with Crippen LogP contribution in [0.2, 0.25) is 0 Å². The number of rotatable bonds is 8. The van der Waals surface area contributed by atoms with Crippen molar-refractivity contribution in [2.45, 2.75) is 19.9 Å². The van der Waals surface area contributed by atoms with Gasteiger partial charge in [-0.3, -0.25) is 14.0 Å². The molecule has 2 N–H and O–H groups in total. The summed E-state index contributed by atoms with van der Waals surface area (Å²) in [6, 6.07) is 12.5. The topological polar surface area (TPSA) is 94.0 Å². The smallest absolute Gasteiger partial charge is 0.287 e. The van der Waals surface area contributed by atoms with Crippen molar-refractivity contribution >= 4 is 17.3 Å². The van der Waals surface area contributed by atoms with E-state index in [-0.39, 0.29) is 29.4 Å². The van der Waals surface area contributed by atoms with E-state index < -0.39 is 0 Å². The molecule has 0 unspecified atom stereocenters. The van der Waals surface area contributed by atoms with Gasteiger partial charge in [-0.1, -0.05) is 6.07 Å². The molecule has 0 atom stereocenters. The highest BCUT2D eigenvalue weighted by Gasteiger charge is 2.21. The van der Waals surface area contributed by atoms with Gasteiger partial charge in [0.2, 0.25) is 5.82 Å². The molecule has 3 rings (SSSR count). The maximum Gasteiger partial charge on any atom is 0.287 e. The van der Waals surface area contributed by atoms with Gasteiger partial charge < -0.3 is 20.1 Å². The zero-order chi connectivity index (χ0) is 20.8. The van der Waals surface area contributed by atoms with Crippen LogP contribution in [-0.2, 0) is 0 Å². The Labute approximate surface area is 168 Å². The van der Waals surface area contributed by atoms with E-state index in [9.17, 15) is 9.59 Å². The lowest BCUT2D eigenvalue weighted by molar-refractivity contribution is 0.0935. The van der Waals surface area contributed by atoms with Crippen LogP contribution in [0.25, 0.3) is 5.52 Å². The summed E-state index contributed by atoms with van der Waals surface area (Å²) in [6.07, 6.45) is 1.71. The van der Waals surface area contributed by atoms with Gasteiger partial charge in [-0.25, -0.2) is 4.98 Å². The van der Waals surface area contributed by atoms with Crippen molar-refractivity contribution < 1.29 is 19.1 Å². The summed E-state index contributed by atoms with van der Waals surface area (Å²) in [6.45, 7) is 4.32. The van der Waals surface area contributed by atoms with Crippen molar-refractivity contribution in [3.8, 4) is 11.5 Å². The zero-order valence-electron chi connectivity index (χ0n) is 16.6. The molecule has 2 heterocycles. The molecule has 152 valence electrons. The number of aromatic nitrogens is 2. The van der Waals surface area contributed by atoms with Crippen LogP contribution < -0.4 is 20.1 Å². The van der Waals surface area contributed by atoms with Crippen molar-refractivity contribution in [2.75, 3.05) is 20.3 Å². The molecule has 8 heteroatoms. The quantitative estimate of drug-likeness (QED) is 0.570. The Morgan fingerprint density at radius 1 is 1.07 bits per heavy atom. The molecule has 29 heavy (non-hydrogen) atoms. The summed E-state index contributed by atoms with van der Waals surface area (Å²) >= 11 is 0. The van der Waals surface area contributed by atoms with Crippen LogP contribution >= 0.6 is 0 Å². The molecule has 2 amide bonds. The minimum absolute atomic E-state index is 0.0321. The standard InChI is InChI=1S/C21H24N4O4/c1-14(2)23-20(26)18-17-6-4-5-12-25(17)19(24-18)21(27)22-11-13-29-16-9-7-15(28-3)8-10-16/h4-10,12,14H,11,13H2,1-3H3,(H,22,27)(H,23,26). The fourth-order valence-corrected chi connectivity index (χ4v) is 2.78. The van der Waals surface area contributed by atoms with Gasteiger partial charge in [0.15, 0.2) is 5.69 Å². The first kappa shape index (κ1) is 20.2. The van der Waals surface area contributed by atoms with Crippen LogP contribution in [0.3, 0.4) is 0 Å². The average molecular weight is 396 g/mol. The molecule has 0 spiro atoms. The van der Waals surface area contributed by atoms with Crippen LogP contribution in [0.4, 0.5) is 0 Å². The first-order valence-electron chi connectivity index (χ1n) is 9.32. The van der Waals surface area contributed by atoms with E-state index in [1.165, 1.54) is 0 Å². The molecule has 0 saturated carbocycles. The lowest BCUT2D eigenvalue weighted by atomic mass is 10.3. The van der Waals surface area contributed by atoms with Gasteiger partial charge in [0.1, 0.15) is 18.1 Å². The number of carbonyl (C=O) groups excluding carboxylic acids is 2. The maximum atomic E-state index is 12.6. The second-order valence-corrected chi connectivity index (χ2v) is 6.65. The van der Waals surface area contributed by atoms with Crippen LogP contribution in [0.1, 0.15) is 35.0 Å². The van der Waals surface area contributed by atoms with Gasteiger partial charge in [0, 0.05) is 12.2 Å². The number of carbonyl (C=O) groups is 2. The Hall–Kier alpha value is -3.55. The van der Waals surface area contributed by atoms with Crippen molar-refractivity contribution in [3.63, 3.8) is 0 Å². The van der Waals surface area contributed by atoms with Gasteiger partial charge in [0.25, 0.3) is 11.8 Å². The summed E-state index contributed by atoms with van der Waals surface area (Å²) in [5.41, 5.74) is 0.796. The maximum absolute atomic E-state index is 12.6. The third-order valence-electron chi connectivity index (χ3n) is 4.10. The highest BCUT2D eigenvalue weighted by Crippen LogP contribution is 2.17. The van der Waals surface area contributed by atoms with E-state index in [1.54, 1.807) is 60.2 Å². The van der Waals surface area contributed by atoms with Crippen LogP contribution in [-0.4, -0.2) is 47.5 Å². The fraction of sp³-hybridized carbons (Fsp3) is 0.286. The van der Waals surface area contributed by atoms with Crippen LogP contribution in [0, 0.1) is 0 Å². The number of fused-ring (bicyclic) bond motifs is 1. The van der Waals surface area contributed by atoms with E-state index in [1.807, 2.05) is 13.8 Å². The molecule has 0 radical (unpaired) electrons. The Kier molecular flexibility index (Phi) is 6.33. The molecular formula is C21H24N4O4. The summed E-state index contributed by atoms with van der Waals surface area (Å²) < 4.78 is 12.3. The Morgan fingerprint density at radius 2 is 1.79 bits per heavy atom. The van der Waals surface area contributed by atoms with Gasteiger partial charge in [-0.05, 0) is 50.2 Å². The van der Waals surface area contributed by atoms with Gasteiger partial charge in [-0.15, -0.1) is 0 Å². The van der Waals surface area contributed by atoms with E-state index in [4.69, 9.17) is 9.47 Å². The third kappa shape index (κ3) is 4.84. The third-order valence-corrected chi connectivity index (χ3v) is 4.10. The zero-order valence-corrected chi connectivity index (χ0v) is 16.6. The summed E-state index contributed by atoms with van der Waals surface area (Å²) in [7, 11) is 1.60. The van der Waals surface area contributed by atoms with Gasteiger partial charge in [0.05, 0.1) is 19.2 Å². The summed E-state index contributed by atoms with van der Waals surface area (Å²) in [5, 5.41) is 5.58. The highest BCUT2D eigenvalue weighted by atomic mass is 16.5. The minimum atomic E-state index is -0.381. The largest absolute Gasteiger partial charge is 0.497 e. The SMILES string of the molecule is COc1ccc(OCCNC(=O)c2nc(C(=O)NC(C)C)c3ccccn23)cc1. The fourth-order valence-electron chi connectivity index (χ4n) is 2.78. The lowest BCUT2D eigenvalue weighted by Gasteiger charge is -2.08. The van der Waals surface area contributed by atoms with Crippen LogP contribution in [0.5, 0.6) is 11.5 Å². The molecule has 3 aromatic rings. The number of pyridine rings is 1. The van der Waals surface area contributed by atoms with E-state index in [2.05, 4.69) is 15.6 Å². The normalized spacial score (nSPS) is 10.8. The minimum Gasteiger partial charge on any atom is -0.497 e. The van der Waals surface area contributed by atoms with E-state index >= 15 is 0 Å². The number of nitrogens with one attached hydrogen (secondary N) is 2. The van der Waals surface area contributed by atoms with Gasteiger partial charge in [-0.2, -0.15) is 0 Å². The number of methoxy groups -OCH3 is 1. The Balaban J connectivity index is 1.65. The Morgan fingerprint density at radius 3 is 2.48 bits per heavy atom. The van der Waals surface area contributed by atoms with Crippen molar-refractivity contribution in [1.29, 1.82) is 0 Å². The summed E-state index contributed by atoms with van der Waals surface area (Å²) in [5.74, 6) is 0.880. The second kappa shape index (κ2) is 9.09. The molecule has 0 aliphatic heterocycles. The number of hydrogen-bond donors (Lipinski definition) is 2. The van der Waals surface area contributed by atoms with Crippen molar-refractivity contribution in [2.24, 2.45) is 0 Å². The molecule has 8 nitrogen and oxygen atoms in total. The van der Waals surface area contributed by atoms with E-state index in [0.29, 0.717) is 24.4 Å². The average Bonchev–Trinajstić information content (AvgIpc) is 3.11. The monoisotopic (exact) mass is 396 g/mol. The number of imidazole rings is 1. The van der Waals surface area contributed by atoms with Crippen LogP contribution in [0.15, 0.2) is 48.7 Å². The predicted molar refractivity (Wildman–Crippen MR) is 109 cm³/mol. The Bertz CT molecular complexity index is 996. The number of nitrogens with zero attached hydrogens (tertiary/aromatic N) is 2. The lowest BCUT2D eigenvalue weighted by Crippen LogP contribution is -2.31. The number of benzene rings is 1. The molecule has 0 aliphatic rings. The number of amides is 2. The molecule has 0 saturated heterocycles. The molecule has 2 aromatic heterocycles. The predicted octanol–water partition coefficient (Wildman–Crippen LogP) is 2.29. The number of ether oxygens (including phenoxy) is 2. The van der Waals surface area contributed by atoms with Gasteiger partial charge >= 0.3 is 0 Å². The molecule has 0 bridgehead atoms.